The summed E-state index contributed by atoms with van der Waals surface area (Å²) in [4.78, 5) is 0. The molecule has 4 atom stereocenters. The molecular weight excluding hydrogens is 242 g/mol. The molecule has 0 amide bonds. The Morgan fingerprint density at radius 2 is 1.80 bits per heavy atom. The average molecular weight is 271 g/mol. The highest BCUT2D eigenvalue weighted by atomic mass is 15.0. The Morgan fingerprint density at radius 1 is 1.10 bits per heavy atom. The van der Waals surface area contributed by atoms with Crippen LogP contribution in [0.25, 0.3) is 0 Å². The van der Waals surface area contributed by atoms with E-state index in [1.54, 1.807) is 0 Å². The molecule has 2 aliphatic rings. The van der Waals surface area contributed by atoms with Crippen molar-refractivity contribution in [2.45, 2.75) is 65.0 Å². The SMILES string of the molecule is CCC1CCC(NC(c2ccc(C)cc2)C2CC2)C1C. The molecule has 20 heavy (non-hydrogen) atoms. The summed E-state index contributed by atoms with van der Waals surface area (Å²) in [5, 5.41) is 4.03. The van der Waals surface area contributed by atoms with Crippen molar-refractivity contribution in [2.24, 2.45) is 17.8 Å². The summed E-state index contributed by atoms with van der Waals surface area (Å²) < 4.78 is 0. The number of benzene rings is 1. The number of hydrogen-bond donors (Lipinski definition) is 1. The van der Waals surface area contributed by atoms with Gasteiger partial charge in [0.1, 0.15) is 0 Å². The van der Waals surface area contributed by atoms with E-state index in [0.29, 0.717) is 6.04 Å². The van der Waals surface area contributed by atoms with Gasteiger partial charge in [-0.2, -0.15) is 0 Å². The molecule has 0 aromatic heterocycles. The van der Waals surface area contributed by atoms with Crippen molar-refractivity contribution >= 4 is 0 Å². The molecule has 1 nitrogen and oxygen atoms in total. The van der Waals surface area contributed by atoms with E-state index < -0.39 is 0 Å². The second-order valence-electron chi connectivity index (χ2n) is 7.10. The fraction of sp³-hybridized carbons (Fsp3) is 0.684. The van der Waals surface area contributed by atoms with E-state index in [-0.39, 0.29) is 0 Å². The van der Waals surface area contributed by atoms with Crippen LogP contribution in [0.1, 0.15) is 63.1 Å². The zero-order valence-electron chi connectivity index (χ0n) is 13.2. The summed E-state index contributed by atoms with van der Waals surface area (Å²) in [7, 11) is 0. The first-order chi connectivity index (χ1) is 9.69. The Kier molecular flexibility index (Phi) is 4.16. The van der Waals surface area contributed by atoms with Crippen LogP contribution in [0.2, 0.25) is 0 Å². The minimum atomic E-state index is 0.596. The second-order valence-corrected chi connectivity index (χ2v) is 7.10. The minimum absolute atomic E-state index is 0.596. The van der Waals surface area contributed by atoms with Crippen molar-refractivity contribution < 1.29 is 0 Å². The largest absolute Gasteiger partial charge is 0.307 e. The quantitative estimate of drug-likeness (QED) is 0.806. The Bertz CT molecular complexity index is 432. The zero-order valence-corrected chi connectivity index (χ0v) is 13.2. The molecule has 0 radical (unpaired) electrons. The molecule has 0 bridgehead atoms. The maximum atomic E-state index is 4.03. The normalized spacial score (nSPS) is 31.4. The highest BCUT2D eigenvalue weighted by Gasteiger charge is 2.38. The van der Waals surface area contributed by atoms with Gasteiger partial charge in [0, 0.05) is 12.1 Å². The lowest BCUT2D eigenvalue weighted by Gasteiger charge is -2.27. The first kappa shape index (κ1) is 14.1. The van der Waals surface area contributed by atoms with Crippen LogP contribution in [0, 0.1) is 24.7 Å². The third-order valence-corrected chi connectivity index (χ3v) is 5.67. The van der Waals surface area contributed by atoms with Crippen LogP contribution in [-0.4, -0.2) is 6.04 Å². The summed E-state index contributed by atoms with van der Waals surface area (Å²) in [6, 6.07) is 10.5. The standard InChI is InChI=1S/C19H29N/c1-4-15-11-12-18(14(15)3)20-19(17-9-10-17)16-7-5-13(2)6-8-16/h5-8,14-15,17-20H,4,9-12H2,1-3H3. The molecule has 1 N–H and O–H groups in total. The number of nitrogens with one attached hydrogen (secondary N) is 1. The molecule has 1 aromatic rings. The lowest BCUT2D eigenvalue weighted by molar-refractivity contribution is 0.310. The predicted octanol–water partition coefficient (Wildman–Crippen LogP) is 4.86. The first-order valence-corrected chi connectivity index (χ1v) is 8.51. The smallest absolute Gasteiger partial charge is 0.0351 e. The lowest BCUT2D eigenvalue weighted by atomic mass is 9.92. The molecule has 0 heterocycles. The summed E-state index contributed by atoms with van der Waals surface area (Å²) in [5.41, 5.74) is 2.87. The topological polar surface area (TPSA) is 12.0 Å². The van der Waals surface area contributed by atoms with Gasteiger partial charge in [-0.15, -0.1) is 0 Å². The first-order valence-electron chi connectivity index (χ1n) is 8.51. The fourth-order valence-electron chi connectivity index (χ4n) is 4.00. The number of aryl methyl sites for hydroxylation is 1. The van der Waals surface area contributed by atoms with Gasteiger partial charge in [-0.1, -0.05) is 50.1 Å². The highest BCUT2D eigenvalue weighted by molar-refractivity contribution is 5.25. The third-order valence-electron chi connectivity index (χ3n) is 5.67. The van der Waals surface area contributed by atoms with Gasteiger partial charge in [0.2, 0.25) is 0 Å². The van der Waals surface area contributed by atoms with Crippen molar-refractivity contribution in [3.8, 4) is 0 Å². The molecule has 0 saturated heterocycles. The number of rotatable bonds is 5. The molecule has 2 fully saturated rings. The Morgan fingerprint density at radius 3 is 2.35 bits per heavy atom. The van der Waals surface area contributed by atoms with Crippen LogP contribution >= 0.6 is 0 Å². The van der Waals surface area contributed by atoms with E-state index in [0.717, 1.165) is 23.8 Å². The van der Waals surface area contributed by atoms with E-state index in [2.05, 4.69) is 50.4 Å². The Balaban J connectivity index is 1.71. The van der Waals surface area contributed by atoms with Gasteiger partial charge in [0.05, 0.1) is 0 Å². The van der Waals surface area contributed by atoms with Crippen molar-refractivity contribution in [2.75, 3.05) is 0 Å². The lowest BCUT2D eigenvalue weighted by Crippen LogP contribution is -2.36. The van der Waals surface area contributed by atoms with Gasteiger partial charge in [0.25, 0.3) is 0 Å². The van der Waals surface area contributed by atoms with Gasteiger partial charge in [-0.25, -0.2) is 0 Å². The van der Waals surface area contributed by atoms with Crippen molar-refractivity contribution in [1.29, 1.82) is 0 Å². The van der Waals surface area contributed by atoms with E-state index >= 15 is 0 Å². The van der Waals surface area contributed by atoms with E-state index in [1.807, 2.05) is 0 Å². The van der Waals surface area contributed by atoms with E-state index in [4.69, 9.17) is 0 Å². The van der Waals surface area contributed by atoms with Crippen molar-refractivity contribution in [3.63, 3.8) is 0 Å². The molecule has 0 aliphatic heterocycles. The molecule has 3 rings (SSSR count). The van der Waals surface area contributed by atoms with Crippen LogP contribution in [0.5, 0.6) is 0 Å². The summed E-state index contributed by atoms with van der Waals surface area (Å²) in [5.74, 6) is 2.66. The van der Waals surface area contributed by atoms with E-state index in [1.165, 1.54) is 43.2 Å². The molecule has 4 unspecified atom stereocenters. The molecule has 2 saturated carbocycles. The number of hydrogen-bond acceptors (Lipinski definition) is 1. The summed E-state index contributed by atoms with van der Waals surface area (Å²) in [6.45, 7) is 6.98. The molecule has 110 valence electrons. The Labute approximate surface area is 124 Å². The van der Waals surface area contributed by atoms with Crippen molar-refractivity contribution in [1.82, 2.24) is 5.32 Å². The molecule has 2 aliphatic carbocycles. The van der Waals surface area contributed by atoms with Crippen LogP contribution in [0.4, 0.5) is 0 Å². The molecule has 1 aromatic carbocycles. The van der Waals surface area contributed by atoms with Crippen LogP contribution < -0.4 is 5.32 Å². The third kappa shape index (κ3) is 2.93. The van der Waals surface area contributed by atoms with Gasteiger partial charge in [0.15, 0.2) is 0 Å². The maximum absolute atomic E-state index is 4.03. The maximum Gasteiger partial charge on any atom is 0.0351 e. The predicted molar refractivity (Wildman–Crippen MR) is 85.7 cm³/mol. The summed E-state index contributed by atoms with van der Waals surface area (Å²) in [6.07, 6.45) is 6.95. The molecule has 0 spiro atoms. The zero-order chi connectivity index (χ0) is 14.1. The monoisotopic (exact) mass is 271 g/mol. The second kappa shape index (κ2) is 5.89. The van der Waals surface area contributed by atoms with Crippen LogP contribution in [-0.2, 0) is 0 Å². The van der Waals surface area contributed by atoms with E-state index in [9.17, 15) is 0 Å². The summed E-state index contributed by atoms with van der Waals surface area (Å²) >= 11 is 0. The van der Waals surface area contributed by atoms with Gasteiger partial charge in [-0.05, 0) is 55.9 Å². The fourth-order valence-corrected chi connectivity index (χ4v) is 4.00. The molecular formula is C19H29N. The van der Waals surface area contributed by atoms with Crippen LogP contribution in [0.3, 0.4) is 0 Å². The van der Waals surface area contributed by atoms with Crippen molar-refractivity contribution in [3.05, 3.63) is 35.4 Å². The Hall–Kier alpha value is -0.820. The molecule has 1 heteroatoms. The van der Waals surface area contributed by atoms with Gasteiger partial charge < -0.3 is 5.32 Å². The minimum Gasteiger partial charge on any atom is -0.307 e. The van der Waals surface area contributed by atoms with Gasteiger partial charge >= 0.3 is 0 Å². The van der Waals surface area contributed by atoms with Gasteiger partial charge in [-0.3, -0.25) is 0 Å². The highest BCUT2D eigenvalue weighted by Crippen LogP contribution is 2.43. The van der Waals surface area contributed by atoms with Crippen LogP contribution in [0.15, 0.2) is 24.3 Å². The average Bonchev–Trinajstić information content (AvgIpc) is 3.23.